The Morgan fingerprint density at radius 2 is 2.25 bits per heavy atom. The second-order valence-electron chi connectivity index (χ2n) is 4.58. The molecular formula is C12H16N6O2. The van der Waals surface area contributed by atoms with Crippen molar-refractivity contribution >= 4 is 5.95 Å². The predicted molar refractivity (Wildman–Crippen MR) is 70.7 cm³/mol. The van der Waals surface area contributed by atoms with Crippen LogP contribution < -0.4 is 9.64 Å². The van der Waals surface area contributed by atoms with E-state index in [0.717, 1.165) is 12.2 Å². The number of anilines is 1. The summed E-state index contributed by atoms with van der Waals surface area (Å²) in [6.07, 6.45) is 3.45. The molecule has 0 spiro atoms. The minimum atomic E-state index is 0.0369. The summed E-state index contributed by atoms with van der Waals surface area (Å²) in [5.41, 5.74) is 0.891. The normalized spacial score (nSPS) is 22.2. The summed E-state index contributed by atoms with van der Waals surface area (Å²) in [5.74, 6) is 1.33. The molecule has 3 heterocycles. The standard InChI is InChI=1S/C12H16N6O2/c1-19-10-7-18(6-8(10)9-5-14-17-16-9)12-13-4-3-11(15-12)20-2/h3-5,8,10H,6-7H2,1-2H3,(H,14,16,17)/t8-,10+/m0/s1. The molecule has 0 aliphatic carbocycles. The Kier molecular flexibility index (Phi) is 3.46. The lowest BCUT2D eigenvalue weighted by Gasteiger charge is -2.15. The van der Waals surface area contributed by atoms with Crippen molar-refractivity contribution in [3.63, 3.8) is 0 Å². The fraction of sp³-hybridized carbons (Fsp3) is 0.500. The molecule has 1 saturated heterocycles. The van der Waals surface area contributed by atoms with Gasteiger partial charge in [0, 0.05) is 32.5 Å². The molecule has 0 amide bonds. The smallest absolute Gasteiger partial charge is 0.228 e. The summed E-state index contributed by atoms with van der Waals surface area (Å²) in [7, 11) is 3.29. The molecule has 1 fully saturated rings. The predicted octanol–water partition coefficient (Wildman–Crippen LogP) is 0.222. The molecule has 1 N–H and O–H groups in total. The second kappa shape index (κ2) is 5.41. The quantitative estimate of drug-likeness (QED) is 0.854. The van der Waals surface area contributed by atoms with Gasteiger partial charge in [0.15, 0.2) is 0 Å². The number of methoxy groups -OCH3 is 2. The zero-order chi connectivity index (χ0) is 13.9. The van der Waals surface area contributed by atoms with Crippen molar-refractivity contribution in [1.29, 1.82) is 0 Å². The first kappa shape index (κ1) is 12.8. The molecule has 2 aromatic rings. The molecule has 0 unspecified atom stereocenters. The van der Waals surface area contributed by atoms with E-state index in [-0.39, 0.29) is 12.0 Å². The molecule has 8 nitrogen and oxygen atoms in total. The van der Waals surface area contributed by atoms with Crippen molar-refractivity contribution in [1.82, 2.24) is 25.4 Å². The Labute approximate surface area is 116 Å². The molecule has 20 heavy (non-hydrogen) atoms. The Balaban J connectivity index is 1.82. The maximum atomic E-state index is 5.55. The highest BCUT2D eigenvalue weighted by atomic mass is 16.5. The van der Waals surface area contributed by atoms with E-state index in [0.29, 0.717) is 18.4 Å². The molecule has 0 radical (unpaired) electrons. The molecule has 0 bridgehead atoms. The summed E-state index contributed by atoms with van der Waals surface area (Å²) in [5, 5.41) is 10.6. The van der Waals surface area contributed by atoms with Gasteiger partial charge in [0.2, 0.25) is 11.8 Å². The van der Waals surface area contributed by atoms with Gasteiger partial charge in [-0.05, 0) is 0 Å². The number of hydrogen-bond donors (Lipinski definition) is 1. The Hall–Kier alpha value is -2.22. The van der Waals surface area contributed by atoms with E-state index < -0.39 is 0 Å². The van der Waals surface area contributed by atoms with E-state index in [2.05, 4.69) is 30.3 Å². The molecule has 0 saturated carbocycles. The third-order valence-corrected chi connectivity index (χ3v) is 3.49. The number of aromatic nitrogens is 5. The molecular weight excluding hydrogens is 260 g/mol. The maximum Gasteiger partial charge on any atom is 0.228 e. The van der Waals surface area contributed by atoms with Crippen LogP contribution in [-0.2, 0) is 4.74 Å². The van der Waals surface area contributed by atoms with E-state index in [1.165, 1.54) is 0 Å². The summed E-state index contributed by atoms with van der Waals surface area (Å²) in [4.78, 5) is 10.7. The van der Waals surface area contributed by atoms with E-state index >= 15 is 0 Å². The van der Waals surface area contributed by atoms with Crippen LogP contribution in [0.2, 0.25) is 0 Å². The first-order valence-electron chi connectivity index (χ1n) is 6.32. The number of nitrogens with zero attached hydrogens (tertiary/aromatic N) is 5. The number of rotatable bonds is 4. The van der Waals surface area contributed by atoms with Gasteiger partial charge in [-0.3, -0.25) is 0 Å². The second-order valence-corrected chi connectivity index (χ2v) is 4.58. The monoisotopic (exact) mass is 276 g/mol. The van der Waals surface area contributed by atoms with E-state index in [4.69, 9.17) is 9.47 Å². The van der Waals surface area contributed by atoms with Gasteiger partial charge in [-0.25, -0.2) is 4.98 Å². The molecule has 1 aliphatic rings. The van der Waals surface area contributed by atoms with Crippen LogP contribution in [0.4, 0.5) is 5.95 Å². The molecule has 2 aromatic heterocycles. The van der Waals surface area contributed by atoms with Crippen molar-refractivity contribution in [2.24, 2.45) is 0 Å². The number of ether oxygens (including phenoxy) is 2. The van der Waals surface area contributed by atoms with Crippen molar-refractivity contribution in [3.8, 4) is 5.88 Å². The SMILES string of the molecule is COc1ccnc(N2C[C@@H](OC)[C@H](c3cn[nH]n3)C2)n1. The van der Waals surface area contributed by atoms with Gasteiger partial charge in [0.25, 0.3) is 0 Å². The highest BCUT2D eigenvalue weighted by Gasteiger charge is 2.36. The van der Waals surface area contributed by atoms with Gasteiger partial charge < -0.3 is 14.4 Å². The van der Waals surface area contributed by atoms with Crippen LogP contribution >= 0.6 is 0 Å². The van der Waals surface area contributed by atoms with Gasteiger partial charge in [-0.15, -0.1) is 0 Å². The topological polar surface area (TPSA) is 89.0 Å². The van der Waals surface area contributed by atoms with Gasteiger partial charge >= 0.3 is 0 Å². The highest BCUT2D eigenvalue weighted by molar-refractivity contribution is 5.36. The fourth-order valence-corrected chi connectivity index (χ4v) is 2.45. The lowest BCUT2D eigenvalue weighted by molar-refractivity contribution is 0.105. The summed E-state index contributed by atoms with van der Waals surface area (Å²) < 4.78 is 10.7. The average molecular weight is 276 g/mol. The highest BCUT2D eigenvalue weighted by Crippen LogP contribution is 2.30. The van der Waals surface area contributed by atoms with E-state index in [1.807, 2.05) is 0 Å². The minimum absolute atomic E-state index is 0.0369. The molecule has 8 heteroatoms. The van der Waals surface area contributed by atoms with Gasteiger partial charge in [-0.1, -0.05) is 0 Å². The van der Waals surface area contributed by atoms with Crippen LogP contribution in [0.15, 0.2) is 18.5 Å². The Bertz CT molecular complexity index is 561. The Morgan fingerprint density at radius 3 is 2.95 bits per heavy atom. The van der Waals surface area contributed by atoms with Crippen LogP contribution in [0.3, 0.4) is 0 Å². The van der Waals surface area contributed by atoms with Crippen LogP contribution in [0, 0.1) is 0 Å². The molecule has 2 atom stereocenters. The minimum Gasteiger partial charge on any atom is -0.481 e. The Morgan fingerprint density at radius 1 is 1.35 bits per heavy atom. The zero-order valence-corrected chi connectivity index (χ0v) is 11.4. The van der Waals surface area contributed by atoms with Gasteiger partial charge in [0.05, 0.1) is 31.0 Å². The molecule has 0 aromatic carbocycles. The van der Waals surface area contributed by atoms with Crippen LogP contribution in [0.1, 0.15) is 11.6 Å². The van der Waals surface area contributed by atoms with Crippen LogP contribution in [0.5, 0.6) is 5.88 Å². The average Bonchev–Trinajstić information content (AvgIpc) is 3.15. The zero-order valence-electron chi connectivity index (χ0n) is 11.4. The first-order chi connectivity index (χ1) is 9.81. The summed E-state index contributed by atoms with van der Waals surface area (Å²) in [6, 6.07) is 1.72. The third-order valence-electron chi connectivity index (χ3n) is 3.49. The maximum absolute atomic E-state index is 5.55. The van der Waals surface area contributed by atoms with Crippen LogP contribution in [0.25, 0.3) is 0 Å². The van der Waals surface area contributed by atoms with Crippen molar-refractivity contribution in [2.75, 3.05) is 32.2 Å². The molecule has 3 rings (SSSR count). The van der Waals surface area contributed by atoms with E-state index in [1.54, 1.807) is 32.7 Å². The molecule has 1 aliphatic heterocycles. The lowest BCUT2D eigenvalue weighted by Crippen LogP contribution is -2.24. The van der Waals surface area contributed by atoms with Crippen molar-refractivity contribution in [2.45, 2.75) is 12.0 Å². The largest absolute Gasteiger partial charge is 0.481 e. The van der Waals surface area contributed by atoms with Gasteiger partial charge in [-0.2, -0.15) is 20.4 Å². The van der Waals surface area contributed by atoms with Crippen molar-refractivity contribution < 1.29 is 9.47 Å². The number of hydrogen-bond acceptors (Lipinski definition) is 7. The summed E-state index contributed by atoms with van der Waals surface area (Å²) >= 11 is 0. The number of H-pyrrole nitrogens is 1. The summed E-state index contributed by atoms with van der Waals surface area (Å²) in [6.45, 7) is 1.44. The lowest BCUT2D eigenvalue weighted by atomic mass is 10.0. The van der Waals surface area contributed by atoms with Crippen molar-refractivity contribution in [3.05, 3.63) is 24.2 Å². The third kappa shape index (κ3) is 2.29. The fourth-order valence-electron chi connectivity index (χ4n) is 2.45. The van der Waals surface area contributed by atoms with Gasteiger partial charge in [0.1, 0.15) is 0 Å². The number of nitrogens with one attached hydrogen (secondary N) is 1. The number of aromatic amines is 1. The molecule has 106 valence electrons. The van der Waals surface area contributed by atoms with Crippen LogP contribution in [-0.4, -0.2) is 58.8 Å². The first-order valence-corrected chi connectivity index (χ1v) is 6.32. The van der Waals surface area contributed by atoms with E-state index in [9.17, 15) is 0 Å².